The summed E-state index contributed by atoms with van der Waals surface area (Å²) in [4.78, 5) is 45.6. The molecule has 0 spiro atoms. The van der Waals surface area contributed by atoms with E-state index in [4.69, 9.17) is 0 Å². The number of rotatable bonds is 4. The molecular weight excluding hydrogens is 312 g/mol. The minimum atomic E-state index is -0.507. The molecule has 8 heteroatoms. The molecule has 24 heavy (non-hydrogen) atoms. The van der Waals surface area contributed by atoms with E-state index in [0.29, 0.717) is 11.1 Å². The quantitative estimate of drug-likeness (QED) is 0.584. The van der Waals surface area contributed by atoms with Crippen LogP contribution in [0, 0.1) is 0 Å². The third kappa shape index (κ3) is 3.07. The SMILES string of the molecule is O=C1C=CC(=O)N1N=Cc1cccc(C=NN2C(=O)C=CC2=O)c1. The number of hydrogen-bond acceptors (Lipinski definition) is 6. The van der Waals surface area contributed by atoms with E-state index in [1.165, 1.54) is 12.4 Å². The highest BCUT2D eigenvalue weighted by Crippen LogP contribution is 2.07. The fourth-order valence-electron chi connectivity index (χ4n) is 1.98. The van der Waals surface area contributed by atoms with Crippen molar-refractivity contribution < 1.29 is 19.2 Å². The molecule has 2 aliphatic heterocycles. The van der Waals surface area contributed by atoms with Crippen LogP contribution in [0.3, 0.4) is 0 Å². The molecule has 2 heterocycles. The summed E-state index contributed by atoms with van der Waals surface area (Å²) in [6.45, 7) is 0. The second kappa shape index (κ2) is 6.21. The van der Waals surface area contributed by atoms with Crippen LogP contribution in [0.1, 0.15) is 11.1 Å². The highest BCUT2D eigenvalue weighted by molar-refractivity contribution is 6.13. The number of nitrogens with zero attached hydrogens (tertiary/aromatic N) is 4. The van der Waals surface area contributed by atoms with E-state index in [0.717, 1.165) is 34.3 Å². The Balaban J connectivity index is 1.73. The molecule has 1 aromatic rings. The van der Waals surface area contributed by atoms with Gasteiger partial charge in [-0.05, 0) is 17.2 Å². The van der Waals surface area contributed by atoms with Crippen molar-refractivity contribution in [2.75, 3.05) is 0 Å². The zero-order chi connectivity index (χ0) is 17.1. The summed E-state index contributed by atoms with van der Waals surface area (Å²) in [7, 11) is 0. The van der Waals surface area contributed by atoms with Crippen molar-refractivity contribution >= 4 is 36.1 Å². The third-order valence-electron chi connectivity index (χ3n) is 3.13. The molecule has 0 saturated carbocycles. The van der Waals surface area contributed by atoms with E-state index in [1.807, 2.05) is 0 Å². The Bertz CT molecular complexity index is 763. The summed E-state index contributed by atoms with van der Waals surface area (Å²) in [5, 5.41) is 9.15. The van der Waals surface area contributed by atoms with Gasteiger partial charge in [-0.3, -0.25) is 19.2 Å². The molecule has 0 bridgehead atoms. The zero-order valence-electron chi connectivity index (χ0n) is 12.2. The van der Waals surface area contributed by atoms with E-state index in [1.54, 1.807) is 24.3 Å². The molecule has 0 fully saturated rings. The number of amides is 4. The molecule has 0 radical (unpaired) electrons. The molecule has 118 valence electrons. The molecule has 2 aliphatic rings. The average Bonchev–Trinajstić information content (AvgIpc) is 3.06. The van der Waals surface area contributed by atoms with Gasteiger partial charge >= 0.3 is 0 Å². The van der Waals surface area contributed by atoms with Gasteiger partial charge in [0.1, 0.15) is 0 Å². The lowest BCUT2D eigenvalue weighted by Gasteiger charge is -2.06. The van der Waals surface area contributed by atoms with Crippen LogP contribution < -0.4 is 0 Å². The standard InChI is InChI=1S/C16H10N4O4/c21-13-4-5-14(22)19(13)17-9-11-2-1-3-12(8-11)10-18-20-15(23)6-7-16(20)24/h1-10H. The van der Waals surface area contributed by atoms with Gasteiger partial charge in [-0.15, -0.1) is 0 Å². The maximum absolute atomic E-state index is 11.4. The predicted molar refractivity (Wildman–Crippen MR) is 83.6 cm³/mol. The summed E-state index contributed by atoms with van der Waals surface area (Å²) in [5.41, 5.74) is 1.23. The van der Waals surface area contributed by atoms with E-state index >= 15 is 0 Å². The number of benzene rings is 1. The molecule has 0 unspecified atom stereocenters. The van der Waals surface area contributed by atoms with E-state index in [-0.39, 0.29) is 0 Å². The Morgan fingerprint density at radius 3 is 1.42 bits per heavy atom. The zero-order valence-corrected chi connectivity index (χ0v) is 12.2. The number of hydrazone groups is 2. The van der Waals surface area contributed by atoms with Crippen molar-refractivity contribution in [1.29, 1.82) is 0 Å². The minimum Gasteiger partial charge on any atom is -0.267 e. The molecule has 0 saturated heterocycles. The molecule has 0 aromatic heterocycles. The predicted octanol–water partition coefficient (Wildman–Crippen LogP) is 0.204. The molecule has 0 aliphatic carbocycles. The molecule has 8 nitrogen and oxygen atoms in total. The van der Waals surface area contributed by atoms with Crippen LogP contribution in [-0.2, 0) is 19.2 Å². The van der Waals surface area contributed by atoms with Gasteiger partial charge in [0, 0.05) is 24.3 Å². The van der Waals surface area contributed by atoms with Gasteiger partial charge < -0.3 is 0 Å². The Morgan fingerprint density at radius 1 is 0.667 bits per heavy atom. The molecule has 0 N–H and O–H groups in total. The fraction of sp³-hybridized carbons (Fsp3) is 0. The van der Waals surface area contributed by atoms with Gasteiger partial charge in [-0.25, -0.2) is 0 Å². The lowest BCUT2D eigenvalue weighted by molar-refractivity contribution is -0.138. The van der Waals surface area contributed by atoms with Crippen molar-refractivity contribution in [2.24, 2.45) is 10.2 Å². The normalized spacial score (nSPS) is 17.5. The lowest BCUT2D eigenvalue weighted by atomic mass is 10.1. The summed E-state index contributed by atoms with van der Waals surface area (Å²) >= 11 is 0. The molecule has 0 atom stereocenters. The second-order valence-electron chi connectivity index (χ2n) is 4.80. The fourth-order valence-corrected chi connectivity index (χ4v) is 1.98. The monoisotopic (exact) mass is 322 g/mol. The molecular formula is C16H10N4O4. The second-order valence-corrected chi connectivity index (χ2v) is 4.80. The van der Waals surface area contributed by atoms with E-state index in [9.17, 15) is 19.2 Å². The number of imide groups is 2. The Hall–Kier alpha value is -3.68. The highest BCUT2D eigenvalue weighted by Gasteiger charge is 2.23. The largest absolute Gasteiger partial charge is 0.274 e. The van der Waals surface area contributed by atoms with Crippen molar-refractivity contribution in [3.63, 3.8) is 0 Å². The van der Waals surface area contributed by atoms with Crippen LogP contribution >= 0.6 is 0 Å². The molecule has 4 amide bonds. The van der Waals surface area contributed by atoms with Crippen LogP contribution in [0.5, 0.6) is 0 Å². The summed E-state index contributed by atoms with van der Waals surface area (Å²) in [6, 6.07) is 6.81. The highest BCUT2D eigenvalue weighted by atomic mass is 16.2. The van der Waals surface area contributed by atoms with Gasteiger partial charge in [0.15, 0.2) is 0 Å². The summed E-state index contributed by atoms with van der Waals surface area (Å²) in [6.07, 6.45) is 7.27. The van der Waals surface area contributed by atoms with Crippen LogP contribution in [0.25, 0.3) is 0 Å². The molecule has 3 rings (SSSR count). The first kappa shape index (κ1) is 15.2. The van der Waals surface area contributed by atoms with Crippen molar-refractivity contribution in [2.45, 2.75) is 0 Å². The van der Waals surface area contributed by atoms with Crippen LogP contribution in [0.15, 0.2) is 58.8 Å². The summed E-state index contributed by atoms with van der Waals surface area (Å²) in [5.74, 6) is -2.03. The molecule has 1 aromatic carbocycles. The average molecular weight is 322 g/mol. The number of carbonyl (C=O) groups excluding carboxylic acids is 4. The topological polar surface area (TPSA) is 99.5 Å². The third-order valence-corrected chi connectivity index (χ3v) is 3.13. The maximum Gasteiger partial charge on any atom is 0.274 e. The smallest absolute Gasteiger partial charge is 0.267 e. The van der Waals surface area contributed by atoms with Crippen molar-refractivity contribution in [3.05, 3.63) is 59.7 Å². The van der Waals surface area contributed by atoms with E-state index in [2.05, 4.69) is 10.2 Å². The Morgan fingerprint density at radius 2 is 1.04 bits per heavy atom. The summed E-state index contributed by atoms with van der Waals surface area (Å²) < 4.78 is 0. The van der Waals surface area contributed by atoms with Gasteiger partial charge in [0.05, 0.1) is 12.4 Å². The van der Waals surface area contributed by atoms with Crippen molar-refractivity contribution in [1.82, 2.24) is 10.0 Å². The van der Waals surface area contributed by atoms with Gasteiger partial charge in [-0.1, -0.05) is 18.2 Å². The maximum atomic E-state index is 11.4. The minimum absolute atomic E-state index is 0.507. The Kier molecular flexibility index (Phi) is 3.94. The van der Waals surface area contributed by atoms with Crippen LogP contribution in [0.4, 0.5) is 0 Å². The van der Waals surface area contributed by atoms with Gasteiger partial charge in [0.2, 0.25) is 0 Å². The van der Waals surface area contributed by atoms with E-state index < -0.39 is 23.6 Å². The van der Waals surface area contributed by atoms with Crippen molar-refractivity contribution in [3.8, 4) is 0 Å². The van der Waals surface area contributed by atoms with Crippen LogP contribution in [0.2, 0.25) is 0 Å². The van der Waals surface area contributed by atoms with Gasteiger partial charge in [-0.2, -0.15) is 20.2 Å². The van der Waals surface area contributed by atoms with Gasteiger partial charge in [0.25, 0.3) is 23.6 Å². The number of carbonyl (C=O) groups is 4. The first-order valence-corrected chi connectivity index (χ1v) is 6.85. The first-order chi connectivity index (χ1) is 11.5. The Labute approximate surface area is 136 Å². The lowest BCUT2D eigenvalue weighted by Crippen LogP contribution is -2.24. The number of hydrogen-bond donors (Lipinski definition) is 0. The van der Waals surface area contributed by atoms with Crippen LogP contribution in [-0.4, -0.2) is 46.1 Å². The first-order valence-electron chi connectivity index (χ1n) is 6.85.